The lowest BCUT2D eigenvalue weighted by Crippen LogP contribution is -2.07. The van der Waals surface area contributed by atoms with Crippen LogP contribution in [0.4, 0.5) is 0 Å². The van der Waals surface area contributed by atoms with Gasteiger partial charge < -0.3 is 5.11 Å². The average Bonchev–Trinajstić information content (AvgIpc) is 2.61. The number of hydrogen-bond acceptors (Lipinski definition) is 2. The molecule has 2 aromatic rings. The molecule has 1 aromatic carbocycles. The minimum absolute atomic E-state index is 0.519. The smallest absolute Gasteiger partial charge is 0.0856 e. The van der Waals surface area contributed by atoms with Crippen molar-refractivity contribution in [2.75, 3.05) is 0 Å². The fourth-order valence-corrected chi connectivity index (χ4v) is 2.59. The van der Waals surface area contributed by atoms with E-state index in [4.69, 9.17) is 0 Å². The van der Waals surface area contributed by atoms with E-state index in [1.165, 1.54) is 0 Å². The molecule has 0 amide bonds. The van der Waals surface area contributed by atoms with Crippen LogP contribution >= 0.6 is 15.9 Å². The molecule has 0 fully saturated rings. The maximum Gasteiger partial charge on any atom is 0.0856 e. The predicted octanol–water partition coefficient (Wildman–Crippen LogP) is 3.08. The fourth-order valence-electron chi connectivity index (χ4n) is 2.08. The summed E-state index contributed by atoms with van der Waals surface area (Å²) < 4.78 is 2.77. The first-order valence-electron chi connectivity index (χ1n) is 5.91. The van der Waals surface area contributed by atoms with Crippen molar-refractivity contribution in [1.29, 1.82) is 0 Å². The number of aliphatic hydroxyl groups excluding tert-OH is 1. The molecular formula is C14H17BrN2O. The van der Waals surface area contributed by atoms with Gasteiger partial charge in [-0.05, 0) is 31.5 Å². The number of nitrogens with zero attached hydrogens (tertiary/aromatic N) is 2. The van der Waals surface area contributed by atoms with E-state index in [0.717, 1.165) is 27.0 Å². The van der Waals surface area contributed by atoms with Crippen molar-refractivity contribution in [1.82, 2.24) is 9.78 Å². The van der Waals surface area contributed by atoms with Crippen molar-refractivity contribution in [2.45, 2.75) is 26.4 Å². The first-order valence-corrected chi connectivity index (χ1v) is 6.70. The Hall–Kier alpha value is -1.13. The van der Waals surface area contributed by atoms with Gasteiger partial charge in [-0.15, -0.1) is 0 Å². The summed E-state index contributed by atoms with van der Waals surface area (Å²) in [5, 5.41) is 14.6. The maximum atomic E-state index is 10.3. The molecule has 2 rings (SSSR count). The van der Waals surface area contributed by atoms with Crippen molar-refractivity contribution in [3.8, 4) is 0 Å². The van der Waals surface area contributed by atoms with Crippen molar-refractivity contribution in [3.63, 3.8) is 0 Å². The molecule has 0 saturated carbocycles. The maximum absolute atomic E-state index is 10.3. The van der Waals surface area contributed by atoms with Crippen LogP contribution in [0.15, 0.2) is 28.7 Å². The van der Waals surface area contributed by atoms with Crippen LogP contribution in [-0.2, 0) is 13.5 Å². The van der Waals surface area contributed by atoms with E-state index in [2.05, 4.69) is 21.0 Å². The highest BCUT2D eigenvalue weighted by atomic mass is 79.9. The standard InChI is InChI=1S/C14H17BrN2O/c1-9-4-5-13(15)12(6-9)14(18)8-11-7-10(2)16-17(11)3/h4-7,14,18H,8H2,1-3H3. The lowest BCUT2D eigenvalue weighted by atomic mass is 10.0. The van der Waals surface area contributed by atoms with Crippen molar-refractivity contribution in [2.24, 2.45) is 7.05 Å². The van der Waals surface area contributed by atoms with Gasteiger partial charge in [0.25, 0.3) is 0 Å². The number of aromatic nitrogens is 2. The monoisotopic (exact) mass is 308 g/mol. The summed E-state index contributed by atoms with van der Waals surface area (Å²) in [7, 11) is 1.90. The van der Waals surface area contributed by atoms with Gasteiger partial charge >= 0.3 is 0 Å². The fraction of sp³-hybridized carbons (Fsp3) is 0.357. The summed E-state index contributed by atoms with van der Waals surface area (Å²) in [4.78, 5) is 0. The zero-order valence-electron chi connectivity index (χ0n) is 10.8. The van der Waals surface area contributed by atoms with Gasteiger partial charge in [0.05, 0.1) is 11.8 Å². The Morgan fingerprint density at radius 2 is 2.06 bits per heavy atom. The Morgan fingerprint density at radius 3 is 2.67 bits per heavy atom. The van der Waals surface area contributed by atoms with E-state index in [0.29, 0.717) is 6.42 Å². The number of halogens is 1. The molecule has 3 nitrogen and oxygen atoms in total. The van der Waals surface area contributed by atoms with E-state index in [9.17, 15) is 5.11 Å². The SMILES string of the molecule is Cc1ccc(Br)c(C(O)Cc2cc(C)nn2C)c1. The number of hydrogen-bond donors (Lipinski definition) is 1. The third-order valence-electron chi connectivity index (χ3n) is 3.01. The third kappa shape index (κ3) is 2.82. The van der Waals surface area contributed by atoms with Crippen LogP contribution in [-0.4, -0.2) is 14.9 Å². The van der Waals surface area contributed by atoms with Gasteiger partial charge in [0.2, 0.25) is 0 Å². The predicted molar refractivity (Wildman–Crippen MR) is 75.5 cm³/mol. The molecule has 0 bridgehead atoms. The Labute approximate surface area is 116 Å². The van der Waals surface area contributed by atoms with E-state index in [1.54, 1.807) is 0 Å². The lowest BCUT2D eigenvalue weighted by molar-refractivity contribution is 0.175. The molecule has 1 heterocycles. The molecule has 96 valence electrons. The van der Waals surface area contributed by atoms with Crippen LogP contribution in [0.25, 0.3) is 0 Å². The second-order valence-corrected chi connectivity index (χ2v) is 5.50. The van der Waals surface area contributed by atoms with Gasteiger partial charge in [-0.2, -0.15) is 5.10 Å². The van der Waals surface area contributed by atoms with Crippen LogP contribution in [0.5, 0.6) is 0 Å². The number of rotatable bonds is 3. The summed E-state index contributed by atoms with van der Waals surface area (Å²) in [6.07, 6.45) is 0.0495. The number of aliphatic hydroxyl groups is 1. The van der Waals surface area contributed by atoms with Crippen LogP contribution in [0.3, 0.4) is 0 Å². The molecule has 0 aliphatic carbocycles. The molecule has 18 heavy (non-hydrogen) atoms. The van der Waals surface area contributed by atoms with E-state index >= 15 is 0 Å². The lowest BCUT2D eigenvalue weighted by Gasteiger charge is -2.13. The third-order valence-corrected chi connectivity index (χ3v) is 3.73. The first kappa shape index (κ1) is 13.3. The number of benzene rings is 1. The zero-order chi connectivity index (χ0) is 13.3. The first-order chi connectivity index (χ1) is 8.47. The highest BCUT2D eigenvalue weighted by Gasteiger charge is 2.14. The Balaban J connectivity index is 2.24. The zero-order valence-corrected chi connectivity index (χ0v) is 12.4. The van der Waals surface area contributed by atoms with Crippen LogP contribution in [0.2, 0.25) is 0 Å². The minimum atomic E-state index is -0.519. The topological polar surface area (TPSA) is 38.1 Å². The Morgan fingerprint density at radius 1 is 1.33 bits per heavy atom. The second kappa shape index (κ2) is 5.24. The molecule has 1 unspecified atom stereocenters. The molecule has 0 spiro atoms. The molecule has 1 N–H and O–H groups in total. The molecule has 1 aromatic heterocycles. The minimum Gasteiger partial charge on any atom is -0.388 e. The highest BCUT2D eigenvalue weighted by Crippen LogP contribution is 2.27. The molecule has 0 radical (unpaired) electrons. The highest BCUT2D eigenvalue weighted by molar-refractivity contribution is 9.10. The number of aryl methyl sites for hydroxylation is 3. The summed E-state index contributed by atoms with van der Waals surface area (Å²) in [5.74, 6) is 0. The average molecular weight is 309 g/mol. The largest absolute Gasteiger partial charge is 0.388 e. The Bertz CT molecular complexity index is 563. The summed E-state index contributed by atoms with van der Waals surface area (Å²) in [6.45, 7) is 3.98. The quantitative estimate of drug-likeness (QED) is 0.946. The van der Waals surface area contributed by atoms with Crippen molar-refractivity contribution in [3.05, 3.63) is 51.3 Å². The summed E-state index contributed by atoms with van der Waals surface area (Å²) in [6, 6.07) is 8.02. The van der Waals surface area contributed by atoms with Gasteiger partial charge in [0, 0.05) is 23.6 Å². The second-order valence-electron chi connectivity index (χ2n) is 4.65. The van der Waals surface area contributed by atoms with Crippen LogP contribution < -0.4 is 0 Å². The summed E-state index contributed by atoms with van der Waals surface area (Å²) >= 11 is 3.49. The summed E-state index contributed by atoms with van der Waals surface area (Å²) in [5.41, 5.74) is 4.08. The van der Waals surface area contributed by atoms with Gasteiger partial charge in [-0.25, -0.2) is 0 Å². The van der Waals surface area contributed by atoms with Crippen molar-refractivity contribution < 1.29 is 5.11 Å². The van der Waals surface area contributed by atoms with Crippen LogP contribution in [0, 0.1) is 13.8 Å². The normalized spacial score (nSPS) is 12.7. The van der Waals surface area contributed by atoms with E-state index in [-0.39, 0.29) is 0 Å². The van der Waals surface area contributed by atoms with Gasteiger partial charge in [-0.1, -0.05) is 33.6 Å². The molecule has 4 heteroatoms. The molecule has 0 saturated heterocycles. The molecule has 1 atom stereocenters. The van der Waals surface area contributed by atoms with Gasteiger partial charge in [0.1, 0.15) is 0 Å². The van der Waals surface area contributed by atoms with Gasteiger partial charge in [-0.3, -0.25) is 4.68 Å². The Kier molecular flexibility index (Phi) is 3.88. The van der Waals surface area contributed by atoms with Gasteiger partial charge in [0.15, 0.2) is 0 Å². The van der Waals surface area contributed by atoms with Crippen LogP contribution in [0.1, 0.15) is 28.6 Å². The van der Waals surface area contributed by atoms with E-state index in [1.807, 2.05) is 49.8 Å². The molecular weight excluding hydrogens is 292 g/mol. The van der Waals surface area contributed by atoms with E-state index < -0.39 is 6.10 Å². The molecule has 0 aliphatic rings. The van der Waals surface area contributed by atoms with Crippen molar-refractivity contribution >= 4 is 15.9 Å². The molecule has 0 aliphatic heterocycles.